The molecule has 0 N–H and O–H groups in total. The minimum atomic E-state index is 0.887. The van der Waals surface area contributed by atoms with E-state index in [9.17, 15) is 0 Å². The van der Waals surface area contributed by atoms with Crippen LogP contribution in [0.3, 0.4) is 0 Å². The highest BCUT2D eigenvalue weighted by Gasteiger charge is 1.88. The maximum absolute atomic E-state index is 3.82. The van der Waals surface area contributed by atoms with Crippen LogP contribution in [0.25, 0.3) is 0 Å². The minimum Gasteiger partial charge on any atom is -0.264 e. The summed E-state index contributed by atoms with van der Waals surface area (Å²) >= 11 is 0. The number of hydrogen-bond acceptors (Lipinski definition) is 1. The van der Waals surface area contributed by atoms with Gasteiger partial charge in [0.1, 0.15) is 0 Å². The van der Waals surface area contributed by atoms with Crippen LogP contribution < -0.4 is 0 Å². The third-order valence-corrected chi connectivity index (χ3v) is 1.21. The summed E-state index contributed by atoms with van der Waals surface area (Å²) < 4.78 is 0. The lowest BCUT2D eigenvalue weighted by molar-refractivity contribution is 1.33. The molecule has 0 aliphatic heterocycles. The van der Waals surface area contributed by atoms with E-state index in [1.807, 2.05) is 26.0 Å². The van der Waals surface area contributed by atoms with Crippen LogP contribution in [-0.2, 0) is 0 Å². The molecule has 0 aliphatic rings. The topological polar surface area (TPSA) is 12.4 Å². The summed E-state index contributed by atoms with van der Waals surface area (Å²) in [5.74, 6) is 0. The largest absolute Gasteiger partial charge is 0.264 e. The summed E-state index contributed by atoms with van der Waals surface area (Å²) in [6, 6.07) is 0. The zero-order valence-electron chi connectivity index (χ0n) is 6.59. The Labute approximate surface area is 62.5 Å². The Balaban J connectivity index is 4.61. The van der Waals surface area contributed by atoms with Crippen LogP contribution in [0.4, 0.5) is 0 Å². The molecule has 0 rings (SSSR count). The van der Waals surface area contributed by atoms with Gasteiger partial charge in [0.05, 0.1) is 5.70 Å². The lowest BCUT2D eigenvalue weighted by atomic mass is 10.2. The number of rotatable bonds is 3. The van der Waals surface area contributed by atoms with Gasteiger partial charge in [-0.25, -0.2) is 0 Å². The van der Waals surface area contributed by atoms with E-state index in [1.165, 1.54) is 0 Å². The van der Waals surface area contributed by atoms with Gasteiger partial charge < -0.3 is 0 Å². The molecule has 0 radical (unpaired) electrons. The van der Waals surface area contributed by atoms with Gasteiger partial charge in [-0.3, -0.25) is 4.99 Å². The van der Waals surface area contributed by atoms with Crippen molar-refractivity contribution in [3.63, 3.8) is 0 Å². The van der Waals surface area contributed by atoms with Gasteiger partial charge in [0, 0.05) is 0 Å². The first-order valence-corrected chi connectivity index (χ1v) is 3.19. The summed E-state index contributed by atoms with van der Waals surface area (Å²) in [4.78, 5) is 3.82. The molecule has 0 saturated heterocycles. The van der Waals surface area contributed by atoms with Gasteiger partial charge in [-0.1, -0.05) is 18.7 Å². The van der Waals surface area contributed by atoms with E-state index in [0.29, 0.717) is 0 Å². The van der Waals surface area contributed by atoms with Crippen molar-refractivity contribution in [2.45, 2.75) is 13.8 Å². The molecule has 0 unspecified atom stereocenters. The predicted molar refractivity (Wildman–Crippen MR) is 47.3 cm³/mol. The lowest BCUT2D eigenvalue weighted by Crippen LogP contribution is -1.76. The molecule has 54 valence electrons. The first kappa shape index (κ1) is 8.89. The van der Waals surface area contributed by atoms with Crippen LogP contribution in [0.5, 0.6) is 0 Å². The Morgan fingerprint density at radius 1 is 1.50 bits per heavy atom. The molecule has 0 atom stereocenters. The van der Waals surface area contributed by atoms with Crippen LogP contribution in [0, 0.1) is 0 Å². The average Bonchev–Trinajstić information content (AvgIpc) is 1.99. The van der Waals surface area contributed by atoms with Gasteiger partial charge in [-0.2, -0.15) is 0 Å². The molecule has 0 spiro atoms. The maximum atomic E-state index is 3.82. The van der Waals surface area contributed by atoms with E-state index in [1.54, 1.807) is 6.08 Å². The summed E-state index contributed by atoms with van der Waals surface area (Å²) in [7, 11) is 0. The van der Waals surface area contributed by atoms with Crippen LogP contribution in [0.2, 0.25) is 0 Å². The van der Waals surface area contributed by atoms with Gasteiger partial charge in [0.2, 0.25) is 0 Å². The van der Waals surface area contributed by atoms with Crippen LogP contribution in [0.1, 0.15) is 13.8 Å². The van der Waals surface area contributed by atoms with E-state index >= 15 is 0 Å². The summed E-state index contributed by atoms with van der Waals surface area (Å²) in [6.45, 7) is 11.0. The quantitative estimate of drug-likeness (QED) is 0.417. The average molecular weight is 135 g/mol. The number of allylic oxidation sites excluding steroid dienone is 4. The normalized spacial score (nSPS) is 13.0. The molecule has 0 aliphatic carbocycles. The molecule has 0 aromatic rings. The second kappa shape index (κ2) is 4.74. The van der Waals surface area contributed by atoms with E-state index in [2.05, 4.69) is 18.3 Å². The molecule has 0 heterocycles. The van der Waals surface area contributed by atoms with Crippen LogP contribution in [0.15, 0.2) is 41.1 Å². The maximum Gasteiger partial charge on any atom is 0.0648 e. The van der Waals surface area contributed by atoms with Crippen molar-refractivity contribution in [3.05, 3.63) is 36.1 Å². The zero-order chi connectivity index (χ0) is 7.98. The second-order valence-corrected chi connectivity index (χ2v) is 1.93. The van der Waals surface area contributed by atoms with E-state index < -0.39 is 0 Å². The molecule has 0 fully saturated rings. The standard InChI is InChI=1S/C9H13N/c1-5-7-9(10-4)8(3)6-2/h5-7H,2,4H2,1,3H3/b7-5-,9-8-. The van der Waals surface area contributed by atoms with E-state index in [-0.39, 0.29) is 0 Å². The van der Waals surface area contributed by atoms with Crippen molar-refractivity contribution < 1.29 is 0 Å². The molecule has 0 saturated carbocycles. The van der Waals surface area contributed by atoms with Crippen LogP contribution >= 0.6 is 0 Å². The van der Waals surface area contributed by atoms with Gasteiger partial charge in [0.25, 0.3) is 0 Å². The molecule has 10 heavy (non-hydrogen) atoms. The third-order valence-electron chi connectivity index (χ3n) is 1.21. The number of nitrogens with zero attached hydrogens (tertiary/aromatic N) is 1. The fourth-order valence-corrected chi connectivity index (χ4v) is 0.571. The SMILES string of the molecule is C=C/C(C)=C(/C=C\C)N=C. The van der Waals surface area contributed by atoms with Crippen molar-refractivity contribution >= 4 is 6.72 Å². The van der Waals surface area contributed by atoms with E-state index in [0.717, 1.165) is 11.3 Å². The Hall–Kier alpha value is -1.11. The molecule has 1 nitrogen and oxygen atoms in total. The van der Waals surface area contributed by atoms with Crippen LogP contribution in [-0.4, -0.2) is 6.72 Å². The highest BCUT2D eigenvalue weighted by atomic mass is 14.7. The molecular formula is C9H13N. The fraction of sp³-hybridized carbons (Fsp3) is 0.222. The van der Waals surface area contributed by atoms with Crippen molar-refractivity contribution in [1.29, 1.82) is 0 Å². The van der Waals surface area contributed by atoms with Gasteiger partial charge in [-0.05, 0) is 32.2 Å². The molecular weight excluding hydrogens is 122 g/mol. The second-order valence-electron chi connectivity index (χ2n) is 1.93. The smallest absolute Gasteiger partial charge is 0.0648 e. The highest BCUT2D eigenvalue weighted by molar-refractivity contribution is 5.38. The van der Waals surface area contributed by atoms with E-state index in [4.69, 9.17) is 0 Å². The molecule has 0 aromatic heterocycles. The first-order chi connectivity index (χ1) is 4.76. The summed E-state index contributed by atoms with van der Waals surface area (Å²) in [5.41, 5.74) is 1.94. The Morgan fingerprint density at radius 2 is 2.10 bits per heavy atom. The van der Waals surface area contributed by atoms with Crippen molar-refractivity contribution in [3.8, 4) is 0 Å². The summed E-state index contributed by atoms with van der Waals surface area (Å²) in [5, 5.41) is 0. The number of hydrogen-bond donors (Lipinski definition) is 0. The fourth-order valence-electron chi connectivity index (χ4n) is 0.571. The molecule has 0 bridgehead atoms. The number of aliphatic imine (C=N–C) groups is 1. The zero-order valence-corrected chi connectivity index (χ0v) is 6.59. The highest BCUT2D eigenvalue weighted by Crippen LogP contribution is 2.06. The first-order valence-electron chi connectivity index (χ1n) is 3.19. The Bertz CT molecular complexity index is 185. The van der Waals surface area contributed by atoms with Gasteiger partial charge in [0.15, 0.2) is 0 Å². The monoisotopic (exact) mass is 135 g/mol. The third kappa shape index (κ3) is 2.44. The molecule has 0 aromatic carbocycles. The lowest BCUT2D eigenvalue weighted by Gasteiger charge is -1.94. The summed E-state index contributed by atoms with van der Waals surface area (Å²) in [6.07, 6.45) is 5.60. The Kier molecular flexibility index (Phi) is 4.21. The minimum absolute atomic E-state index is 0.887. The van der Waals surface area contributed by atoms with Gasteiger partial charge in [-0.15, -0.1) is 0 Å². The molecule has 0 amide bonds. The Morgan fingerprint density at radius 3 is 2.40 bits per heavy atom. The predicted octanol–water partition coefficient (Wildman–Crippen LogP) is 2.72. The van der Waals surface area contributed by atoms with Gasteiger partial charge >= 0.3 is 0 Å². The van der Waals surface area contributed by atoms with Crippen molar-refractivity contribution in [2.75, 3.05) is 0 Å². The van der Waals surface area contributed by atoms with Crippen molar-refractivity contribution in [2.24, 2.45) is 4.99 Å². The van der Waals surface area contributed by atoms with Crippen molar-refractivity contribution in [1.82, 2.24) is 0 Å². The molecule has 1 heteroatoms.